The number of pyridine rings is 1. The van der Waals surface area contributed by atoms with E-state index in [4.69, 9.17) is 28.4 Å². The molecule has 1 aliphatic heterocycles. The number of benzene rings is 2. The van der Waals surface area contributed by atoms with Crippen LogP contribution >= 0.6 is 0 Å². The van der Waals surface area contributed by atoms with E-state index in [1.807, 2.05) is 12.1 Å². The van der Waals surface area contributed by atoms with Crippen LogP contribution in [0, 0.1) is 11.8 Å². The second-order valence-electron chi connectivity index (χ2n) is 11.0. The van der Waals surface area contributed by atoms with Crippen molar-refractivity contribution in [2.24, 2.45) is 11.8 Å². The fourth-order valence-corrected chi connectivity index (χ4v) is 4.66. The molecule has 2 heterocycles. The van der Waals surface area contributed by atoms with E-state index < -0.39 is 72.4 Å². The summed E-state index contributed by atoms with van der Waals surface area (Å²) in [5.74, 6) is -5.21. The summed E-state index contributed by atoms with van der Waals surface area (Å²) in [4.78, 5) is 69.5. The first kappa shape index (κ1) is 34.4. The molecule has 1 aliphatic rings. The van der Waals surface area contributed by atoms with Crippen LogP contribution in [0.15, 0.2) is 72.9 Å². The molecule has 1 amide bonds. The molecule has 1 N–H and O–H groups in total. The first-order valence-corrected chi connectivity index (χ1v) is 14.9. The first-order chi connectivity index (χ1) is 22.6. The van der Waals surface area contributed by atoms with Crippen LogP contribution in [0.3, 0.4) is 0 Å². The predicted octanol–water partition coefficient (Wildman–Crippen LogP) is 3.82. The van der Waals surface area contributed by atoms with Crippen molar-refractivity contribution in [2.45, 2.75) is 52.0 Å². The zero-order valence-corrected chi connectivity index (χ0v) is 26.4. The number of hydrogen-bond acceptors (Lipinski definition) is 12. The van der Waals surface area contributed by atoms with Crippen molar-refractivity contribution < 1.29 is 52.4 Å². The number of nitrogens with one attached hydrogen (secondary N) is 1. The molecule has 4 rings (SSSR count). The lowest BCUT2D eigenvalue weighted by Gasteiger charge is -2.29. The number of cyclic esters (lactones) is 2. The van der Waals surface area contributed by atoms with Crippen LogP contribution in [-0.2, 0) is 46.4 Å². The molecule has 3 aromatic rings. The zero-order valence-electron chi connectivity index (χ0n) is 26.4. The summed E-state index contributed by atoms with van der Waals surface area (Å²) < 4.78 is 32.5. The van der Waals surface area contributed by atoms with E-state index in [0.717, 1.165) is 5.56 Å². The van der Waals surface area contributed by atoms with Crippen molar-refractivity contribution in [2.75, 3.05) is 13.7 Å². The van der Waals surface area contributed by atoms with Crippen molar-refractivity contribution in [3.63, 3.8) is 0 Å². The van der Waals surface area contributed by atoms with Crippen LogP contribution in [-0.4, -0.2) is 66.9 Å². The molecule has 47 heavy (non-hydrogen) atoms. The minimum atomic E-state index is -1.50. The van der Waals surface area contributed by atoms with Gasteiger partial charge in [0.05, 0.1) is 13.0 Å². The molecule has 0 radical (unpaired) electrons. The van der Waals surface area contributed by atoms with Gasteiger partial charge < -0.3 is 33.7 Å². The Labute approximate surface area is 271 Å². The monoisotopic (exact) mass is 648 g/mol. The van der Waals surface area contributed by atoms with Gasteiger partial charge in [-0.05, 0) is 24.5 Å². The van der Waals surface area contributed by atoms with Gasteiger partial charge in [0.2, 0.25) is 5.75 Å². The molecule has 1 fully saturated rings. The van der Waals surface area contributed by atoms with Crippen molar-refractivity contribution in [3.05, 3.63) is 89.7 Å². The van der Waals surface area contributed by atoms with E-state index in [1.54, 1.807) is 62.4 Å². The van der Waals surface area contributed by atoms with Crippen molar-refractivity contribution >= 4 is 30.0 Å². The molecule has 248 valence electrons. The minimum Gasteiger partial charge on any atom is -0.493 e. The number of carbonyl (C=O) groups is 5. The van der Waals surface area contributed by atoms with Gasteiger partial charge >= 0.3 is 24.1 Å². The fraction of sp³-hybridized carbons (Fsp3) is 0.353. The number of rotatable bonds is 10. The molecular formula is C34H36N2O11. The Balaban J connectivity index is 1.54. The zero-order chi connectivity index (χ0) is 33.9. The van der Waals surface area contributed by atoms with Gasteiger partial charge in [-0.25, -0.2) is 14.6 Å². The number of methoxy groups -OCH3 is 1. The summed E-state index contributed by atoms with van der Waals surface area (Å²) in [6.07, 6.45) is -2.05. The maximum absolute atomic E-state index is 13.5. The van der Waals surface area contributed by atoms with Gasteiger partial charge in [-0.2, -0.15) is 0 Å². The first-order valence-electron chi connectivity index (χ1n) is 14.9. The Morgan fingerprint density at radius 3 is 2.26 bits per heavy atom. The summed E-state index contributed by atoms with van der Waals surface area (Å²) >= 11 is 0. The molecule has 4 atom stereocenters. The molecular weight excluding hydrogens is 612 g/mol. The Morgan fingerprint density at radius 2 is 1.62 bits per heavy atom. The molecule has 0 aliphatic carbocycles. The lowest BCUT2D eigenvalue weighted by atomic mass is 9.91. The van der Waals surface area contributed by atoms with Gasteiger partial charge in [0.15, 0.2) is 23.6 Å². The third-order valence-electron chi connectivity index (χ3n) is 7.16. The highest BCUT2D eigenvalue weighted by atomic mass is 16.7. The fourth-order valence-electron chi connectivity index (χ4n) is 4.66. The molecule has 13 heteroatoms. The Hall–Kier alpha value is -5.46. The number of carbonyl (C=O) groups excluding carboxylic acids is 5. The van der Waals surface area contributed by atoms with E-state index >= 15 is 0 Å². The van der Waals surface area contributed by atoms with Crippen molar-refractivity contribution in [1.82, 2.24) is 10.3 Å². The average molecular weight is 649 g/mol. The van der Waals surface area contributed by atoms with E-state index in [1.165, 1.54) is 26.3 Å². The van der Waals surface area contributed by atoms with Crippen LogP contribution in [0.4, 0.5) is 4.79 Å². The van der Waals surface area contributed by atoms with E-state index in [0.29, 0.717) is 5.56 Å². The molecule has 1 aromatic heterocycles. The second-order valence-corrected chi connectivity index (χ2v) is 11.0. The summed E-state index contributed by atoms with van der Waals surface area (Å²) in [7, 11) is 1.30. The largest absolute Gasteiger partial charge is 0.514 e. The molecule has 0 bridgehead atoms. The second kappa shape index (κ2) is 16.2. The van der Waals surface area contributed by atoms with Crippen molar-refractivity contribution in [1.29, 1.82) is 0 Å². The highest BCUT2D eigenvalue weighted by Gasteiger charge is 2.42. The highest BCUT2D eigenvalue weighted by molar-refractivity contribution is 5.98. The standard InChI is InChI=1S/C34H36N2O11/c1-20(2)31(38)46-28-21(3)45-33(40)25(19-43-32(39)24(28)17-22-11-7-5-8-12-22)36-30(37)27-29(26(42-4)15-16-35-27)47-34(41)44-18-23-13-9-6-10-14-23/h5-16,20-21,24-25,28H,17-19H2,1-4H3,(H,36,37). The lowest BCUT2D eigenvalue weighted by molar-refractivity contribution is -0.176. The number of aromatic nitrogens is 1. The highest BCUT2D eigenvalue weighted by Crippen LogP contribution is 2.30. The quantitative estimate of drug-likeness (QED) is 0.250. The Morgan fingerprint density at radius 1 is 0.957 bits per heavy atom. The van der Waals surface area contributed by atoms with Gasteiger partial charge in [0.25, 0.3) is 5.91 Å². The summed E-state index contributed by atoms with van der Waals surface area (Å²) in [6, 6.07) is 17.8. The number of nitrogens with zero attached hydrogens (tertiary/aromatic N) is 1. The Kier molecular flexibility index (Phi) is 11.9. The van der Waals surface area contributed by atoms with Crippen LogP contribution < -0.4 is 14.8 Å². The molecule has 0 saturated carbocycles. The molecule has 4 unspecified atom stereocenters. The number of amides is 1. The number of hydrogen-bond donors (Lipinski definition) is 1. The lowest BCUT2D eigenvalue weighted by Crippen LogP contribution is -2.47. The smallest absolute Gasteiger partial charge is 0.493 e. The van der Waals surface area contributed by atoms with Crippen LogP contribution in [0.5, 0.6) is 11.5 Å². The topological polar surface area (TPSA) is 166 Å². The molecule has 0 spiro atoms. The van der Waals surface area contributed by atoms with Gasteiger partial charge in [-0.1, -0.05) is 74.5 Å². The summed E-state index contributed by atoms with van der Waals surface area (Å²) in [5.41, 5.74) is 1.05. The maximum atomic E-state index is 13.5. The van der Waals surface area contributed by atoms with Gasteiger partial charge in [0, 0.05) is 12.3 Å². The number of esters is 3. The van der Waals surface area contributed by atoms with E-state index in [-0.39, 0.29) is 24.5 Å². The van der Waals surface area contributed by atoms with Crippen LogP contribution in [0.25, 0.3) is 0 Å². The summed E-state index contributed by atoms with van der Waals surface area (Å²) in [6.45, 7) is 4.06. The van der Waals surface area contributed by atoms with E-state index in [2.05, 4.69) is 10.3 Å². The predicted molar refractivity (Wildman–Crippen MR) is 164 cm³/mol. The normalized spacial score (nSPS) is 19.6. The molecule has 1 saturated heterocycles. The Bertz CT molecular complexity index is 1560. The third kappa shape index (κ3) is 9.28. The maximum Gasteiger partial charge on any atom is 0.514 e. The summed E-state index contributed by atoms with van der Waals surface area (Å²) in [5, 5.41) is 2.43. The molecule has 2 aromatic carbocycles. The molecule has 13 nitrogen and oxygen atoms in total. The van der Waals surface area contributed by atoms with E-state index in [9.17, 15) is 24.0 Å². The number of ether oxygens (including phenoxy) is 6. The minimum absolute atomic E-state index is 0.0162. The van der Waals surface area contributed by atoms with Gasteiger partial charge in [-0.15, -0.1) is 0 Å². The average Bonchev–Trinajstić information content (AvgIpc) is 3.10. The third-order valence-corrected chi connectivity index (χ3v) is 7.16. The van der Waals surface area contributed by atoms with Crippen LogP contribution in [0.2, 0.25) is 0 Å². The van der Waals surface area contributed by atoms with Gasteiger partial charge in [-0.3, -0.25) is 14.4 Å². The van der Waals surface area contributed by atoms with Gasteiger partial charge in [0.1, 0.15) is 25.2 Å². The SMILES string of the molecule is COc1ccnc(C(=O)NC2COC(=O)C(Cc3ccccc3)C(OC(=O)C(C)C)C(C)OC2=O)c1OC(=O)OCc1ccccc1. The van der Waals surface area contributed by atoms with Crippen molar-refractivity contribution in [3.8, 4) is 11.5 Å². The van der Waals surface area contributed by atoms with Crippen LogP contribution in [0.1, 0.15) is 42.4 Å².